The van der Waals surface area contributed by atoms with Gasteiger partial charge in [-0.2, -0.15) is 0 Å². The van der Waals surface area contributed by atoms with E-state index in [2.05, 4.69) is 44.1 Å². The van der Waals surface area contributed by atoms with E-state index in [1.54, 1.807) is 19.2 Å². The predicted molar refractivity (Wildman–Crippen MR) is 133 cm³/mol. The Balaban J connectivity index is 0.00000272. The van der Waals surface area contributed by atoms with E-state index in [1.165, 1.54) is 25.0 Å². The number of pyridine rings is 1. The number of aliphatic imine (C=N–C) groups is 1. The molecule has 2 fully saturated rings. The minimum atomic E-state index is -0.235. The number of ether oxygens (including phenoxy) is 1. The molecule has 168 valence electrons. The first-order valence-electron chi connectivity index (χ1n) is 10.7. The van der Waals surface area contributed by atoms with Crippen molar-refractivity contribution in [2.24, 2.45) is 4.99 Å². The zero-order valence-corrected chi connectivity index (χ0v) is 20.5. The lowest BCUT2D eigenvalue weighted by atomic mass is 10.1. The molecule has 4 rings (SSSR count). The molecule has 0 amide bonds. The highest BCUT2D eigenvalue weighted by atomic mass is 127. The fourth-order valence-corrected chi connectivity index (χ4v) is 4.15. The van der Waals surface area contributed by atoms with Crippen molar-refractivity contribution in [3.63, 3.8) is 0 Å². The van der Waals surface area contributed by atoms with Crippen LogP contribution < -0.4 is 10.2 Å². The second-order valence-electron chi connectivity index (χ2n) is 8.01. The fraction of sp³-hybridized carbons (Fsp3) is 0.478. The van der Waals surface area contributed by atoms with Crippen LogP contribution in [0.4, 0.5) is 10.2 Å². The van der Waals surface area contributed by atoms with Crippen LogP contribution in [0.1, 0.15) is 37.0 Å². The summed E-state index contributed by atoms with van der Waals surface area (Å²) < 4.78 is 19.4. The van der Waals surface area contributed by atoms with Crippen molar-refractivity contribution in [2.45, 2.75) is 38.5 Å². The van der Waals surface area contributed by atoms with Gasteiger partial charge in [0, 0.05) is 39.4 Å². The molecule has 0 bridgehead atoms. The molecule has 2 aliphatic rings. The van der Waals surface area contributed by atoms with Crippen LogP contribution in [-0.4, -0.2) is 55.2 Å². The monoisotopic (exact) mass is 539 g/mol. The summed E-state index contributed by atoms with van der Waals surface area (Å²) in [6, 6.07) is 10.8. The van der Waals surface area contributed by atoms with E-state index in [0.717, 1.165) is 42.5 Å². The smallest absolute Gasteiger partial charge is 0.194 e. The molecule has 0 radical (unpaired) electrons. The lowest BCUT2D eigenvalue weighted by Gasteiger charge is -2.38. The number of hydrogen-bond donors (Lipinski definition) is 1. The van der Waals surface area contributed by atoms with Crippen LogP contribution in [0, 0.1) is 5.82 Å². The van der Waals surface area contributed by atoms with Gasteiger partial charge in [0.15, 0.2) is 5.96 Å². The van der Waals surface area contributed by atoms with Crippen molar-refractivity contribution in [3.05, 3.63) is 59.5 Å². The molecule has 2 saturated heterocycles. The van der Waals surface area contributed by atoms with Gasteiger partial charge in [0.2, 0.25) is 0 Å². The van der Waals surface area contributed by atoms with Crippen molar-refractivity contribution in [1.29, 1.82) is 0 Å². The summed E-state index contributed by atoms with van der Waals surface area (Å²) in [5.41, 5.74) is 2.10. The van der Waals surface area contributed by atoms with Gasteiger partial charge in [0.25, 0.3) is 0 Å². The van der Waals surface area contributed by atoms with Crippen LogP contribution in [0.15, 0.2) is 47.6 Å². The second kappa shape index (κ2) is 11.1. The summed E-state index contributed by atoms with van der Waals surface area (Å²) in [5.74, 6) is 1.66. The molecular weight excluding hydrogens is 508 g/mol. The quantitative estimate of drug-likeness (QED) is 0.362. The predicted octanol–water partition coefficient (Wildman–Crippen LogP) is 3.98. The number of guanidine groups is 1. The Hall–Kier alpha value is -1.94. The van der Waals surface area contributed by atoms with Gasteiger partial charge in [-0.15, -0.1) is 24.0 Å². The van der Waals surface area contributed by atoms with Crippen LogP contribution in [0.25, 0.3) is 0 Å². The first-order chi connectivity index (χ1) is 14.6. The number of aromatic nitrogens is 1. The largest absolute Gasteiger partial charge is 0.367 e. The van der Waals surface area contributed by atoms with E-state index < -0.39 is 0 Å². The Morgan fingerprint density at radius 2 is 1.90 bits per heavy atom. The molecule has 0 aliphatic carbocycles. The van der Waals surface area contributed by atoms with Crippen molar-refractivity contribution in [3.8, 4) is 0 Å². The van der Waals surface area contributed by atoms with Crippen LogP contribution in [0.2, 0.25) is 0 Å². The average molecular weight is 539 g/mol. The maximum Gasteiger partial charge on any atom is 0.194 e. The minimum absolute atomic E-state index is 0. The number of hydrogen-bond acceptors (Lipinski definition) is 4. The minimum Gasteiger partial charge on any atom is -0.367 e. The fourth-order valence-electron chi connectivity index (χ4n) is 4.15. The molecule has 31 heavy (non-hydrogen) atoms. The van der Waals surface area contributed by atoms with Gasteiger partial charge in [-0.1, -0.05) is 18.2 Å². The molecule has 2 aliphatic heterocycles. The highest BCUT2D eigenvalue weighted by molar-refractivity contribution is 14.0. The molecule has 8 heteroatoms. The highest BCUT2D eigenvalue weighted by Gasteiger charge is 2.28. The number of morpholine rings is 1. The lowest BCUT2D eigenvalue weighted by Crippen LogP contribution is -2.50. The maximum atomic E-state index is 13.3. The first kappa shape index (κ1) is 23.7. The van der Waals surface area contributed by atoms with E-state index >= 15 is 0 Å². The lowest BCUT2D eigenvalue weighted by molar-refractivity contribution is -0.0605. The Labute approximate surface area is 200 Å². The summed E-state index contributed by atoms with van der Waals surface area (Å²) in [7, 11) is 1.80. The number of nitrogens with one attached hydrogen (secondary N) is 1. The normalized spacial score (nSPS) is 21.7. The first-order valence-corrected chi connectivity index (χ1v) is 10.7. The van der Waals surface area contributed by atoms with Gasteiger partial charge in [0.05, 0.1) is 12.6 Å². The Morgan fingerprint density at radius 3 is 2.55 bits per heavy atom. The summed E-state index contributed by atoms with van der Waals surface area (Å²) in [4.78, 5) is 13.6. The summed E-state index contributed by atoms with van der Waals surface area (Å²) in [5, 5.41) is 3.45. The van der Waals surface area contributed by atoms with Crippen LogP contribution in [-0.2, 0) is 11.3 Å². The SMILES string of the molecule is CN=C(NCc1ccc(N2CCCC2)nc1)N1CC(C)OC(c2ccc(F)cc2)C1.I. The van der Waals surface area contributed by atoms with Gasteiger partial charge >= 0.3 is 0 Å². The molecule has 0 spiro atoms. The number of benzene rings is 1. The second-order valence-corrected chi connectivity index (χ2v) is 8.01. The van der Waals surface area contributed by atoms with Crippen molar-refractivity contribution < 1.29 is 9.13 Å². The molecule has 1 aromatic carbocycles. The van der Waals surface area contributed by atoms with E-state index in [0.29, 0.717) is 13.1 Å². The maximum absolute atomic E-state index is 13.3. The Kier molecular flexibility index (Phi) is 8.48. The standard InChI is InChI=1S/C23H30FN5O.HI/c1-17-15-29(16-21(30-17)19-6-8-20(24)9-7-19)23(25-2)27-14-18-5-10-22(26-13-18)28-11-3-4-12-28;/h5-10,13,17,21H,3-4,11-12,14-16H2,1-2H3,(H,25,27);1H. The Bertz CT molecular complexity index is 855. The third-order valence-electron chi connectivity index (χ3n) is 5.70. The zero-order valence-electron chi connectivity index (χ0n) is 18.1. The molecule has 6 nitrogen and oxygen atoms in total. The molecule has 2 aromatic rings. The average Bonchev–Trinajstić information content (AvgIpc) is 3.30. The summed E-state index contributed by atoms with van der Waals surface area (Å²) in [6.07, 6.45) is 4.37. The molecular formula is C23H31FIN5O. The number of halogens is 2. The summed E-state index contributed by atoms with van der Waals surface area (Å²) in [6.45, 7) is 6.33. The molecule has 2 unspecified atom stereocenters. The molecule has 2 atom stereocenters. The molecule has 1 N–H and O–H groups in total. The van der Waals surface area contributed by atoms with Crippen molar-refractivity contribution in [1.82, 2.24) is 15.2 Å². The zero-order chi connectivity index (χ0) is 20.9. The number of anilines is 1. The van der Waals surface area contributed by atoms with Crippen LogP contribution in [0.5, 0.6) is 0 Å². The Morgan fingerprint density at radius 1 is 1.16 bits per heavy atom. The molecule has 1 aromatic heterocycles. The van der Waals surface area contributed by atoms with Gasteiger partial charge in [0.1, 0.15) is 17.7 Å². The molecule has 0 saturated carbocycles. The van der Waals surface area contributed by atoms with Crippen LogP contribution >= 0.6 is 24.0 Å². The van der Waals surface area contributed by atoms with Gasteiger partial charge < -0.3 is 19.9 Å². The van der Waals surface area contributed by atoms with E-state index in [1.807, 2.05) is 6.20 Å². The number of rotatable bonds is 4. The van der Waals surface area contributed by atoms with E-state index in [-0.39, 0.29) is 42.0 Å². The van der Waals surface area contributed by atoms with Gasteiger partial charge in [-0.3, -0.25) is 4.99 Å². The highest BCUT2D eigenvalue weighted by Crippen LogP contribution is 2.25. The van der Waals surface area contributed by atoms with Crippen molar-refractivity contribution >= 4 is 35.8 Å². The summed E-state index contributed by atoms with van der Waals surface area (Å²) >= 11 is 0. The van der Waals surface area contributed by atoms with Gasteiger partial charge in [-0.25, -0.2) is 9.37 Å². The van der Waals surface area contributed by atoms with Crippen molar-refractivity contribution in [2.75, 3.05) is 38.1 Å². The number of nitrogens with zero attached hydrogens (tertiary/aromatic N) is 4. The van der Waals surface area contributed by atoms with E-state index in [4.69, 9.17) is 4.74 Å². The molecule has 3 heterocycles. The third kappa shape index (κ3) is 6.06. The topological polar surface area (TPSA) is 53.0 Å². The van der Waals surface area contributed by atoms with E-state index in [9.17, 15) is 4.39 Å². The van der Waals surface area contributed by atoms with Gasteiger partial charge in [-0.05, 0) is 49.1 Å². The third-order valence-corrected chi connectivity index (χ3v) is 5.70. The van der Waals surface area contributed by atoms with Crippen LogP contribution in [0.3, 0.4) is 0 Å².